The van der Waals surface area contributed by atoms with Crippen LogP contribution in [0.4, 0.5) is 5.95 Å². The molecule has 6 atom stereocenters. The number of aliphatic hydroxyl groups excluding tert-OH is 1. The number of hydrogen-bond donors (Lipinski definition) is 5. The summed E-state index contributed by atoms with van der Waals surface area (Å²) < 4.78 is 36.8. The first-order valence-corrected chi connectivity index (χ1v) is 12.6. The molecule has 0 radical (unpaired) electrons. The molecule has 0 amide bonds. The normalized spacial score (nSPS) is 26.0. The lowest BCUT2D eigenvalue weighted by Gasteiger charge is -2.27. The lowest BCUT2D eigenvalue weighted by Crippen LogP contribution is -2.44. The van der Waals surface area contributed by atoms with Crippen molar-refractivity contribution in [3.05, 3.63) is 36.7 Å². The molecule has 0 aliphatic carbocycles. The minimum atomic E-state index is -4.28. The second kappa shape index (κ2) is 10.2. The highest BCUT2D eigenvalue weighted by atomic mass is 31.2. The van der Waals surface area contributed by atoms with Crippen molar-refractivity contribution in [2.75, 3.05) is 19.5 Å². The number of fused-ring (bicyclic) bond motifs is 1. The summed E-state index contributed by atoms with van der Waals surface area (Å²) in [5.74, 6) is -1.13. The van der Waals surface area contributed by atoms with E-state index in [4.69, 9.17) is 24.3 Å². The highest BCUT2D eigenvalue weighted by Gasteiger charge is 2.54. The minimum absolute atomic E-state index is 0.108. The van der Waals surface area contributed by atoms with E-state index in [-0.39, 0.29) is 28.7 Å². The van der Waals surface area contributed by atoms with Crippen molar-refractivity contribution in [2.45, 2.75) is 43.9 Å². The molecule has 1 saturated heterocycles. The van der Waals surface area contributed by atoms with Gasteiger partial charge in [0.25, 0.3) is 0 Å². The van der Waals surface area contributed by atoms with Crippen LogP contribution in [0.15, 0.2) is 36.7 Å². The Hall–Kier alpha value is -3.33. The van der Waals surface area contributed by atoms with Gasteiger partial charge in [0.1, 0.15) is 29.6 Å². The number of nitrogen functional groups attached to an aromatic ring is 1. The molecule has 0 bridgehead atoms. The van der Waals surface area contributed by atoms with E-state index in [1.807, 2.05) is 0 Å². The highest BCUT2D eigenvalue weighted by Crippen LogP contribution is 2.47. The van der Waals surface area contributed by atoms with Crippen LogP contribution < -0.4 is 20.1 Å². The Morgan fingerprint density at radius 3 is 2.70 bits per heavy atom. The number of para-hydroxylation sites is 1. The summed E-state index contributed by atoms with van der Waals surface area (Å²) >= 11 is 0. The van der Waals surface area contributed by atoms with Crippen molar-refractivity contribution >= 4 is 30.8 Å². The lowest BCUT2D eigenvalue weighted by atomic mass is 9.96. The SMILES string of the molecule is COc1nc(N)nc2c1ncn2C1OC(COP(=O)(NC(C)C(=O)O)Oc2ccccc2)C(O)C1(C)O. The van der Waals surface area contributed by atoms with E-state index in [0.717, 1.165) is 0 Å². The summed E-state index contributed by atoms with van der Waals surface area (Å²) in [5, 5.41) is 33.6. The largest absolute Gasteiger partial charge is 0.480 e. The van der Waals surface area contributed by atoms with E-state index in [1.165, 1.54) is 44.0 Å². The maximum atomic E-state index is 13.4. The molecule has 1 aliphatic rings. The number of carbonyl (C=O) groups is 1. The summed E-state index contributed by atoms with van der Waals surface area (Å²) in [6.45, 7) is 2.06. The maximum absolute atomic E-state index is 13.4. The zero-order valence-corrected chi connectivity index (χ0v) is 21.0. The first kappa shape index (κ1) is 26.7. The Kier molecular flexibility index (Phi) is 7.37. The molecule has 15 nitrogen and oxygen atoms in total. The Morgan fingerprint density at radius 2 is 2.05 bits per heavy atom. The summed E-state index contributed by atoms with van der Waals surface area (Å²) in [4.78, 5) is 23.6. The zero-order chi connectivity index (χ0) is 27.0. The lowest BCUT2D eigenvalue weighted by molar-refractivity contribution is -0.138. The Bertz CT molecular complexity index is 1320. The molecule has 0 saturated carbocycles. The van der Waals surface area contributed by atoms with Crippen LogP contribution in [0.25, 0.3) is 11.2 Å². The molecule has 4 rings (SSSR count). The first-order chi connectivity index (χ1) is 17.4. The van der Waals surface area contributed by atoms with Gasteiger partial charge in [0.05, 0.1) is 20.0 Å². The fourth-order valence-electron chi connectivity index (χ4n) is 3.77. The molecule has 6 N–H and O–H groups in total. The Morgan fingerprint density at radius 1 is 1.35 bits per heavy atom. The van der Waals surface area contributed by atoms with Crippen LogP contribution in [-0.4, -0.2) is 78.4 Å². The number of rotatable bonds is 10. The summed E-state index contributed by atoms with van der Waals surface area (Å²) in [6, 6.07) is 6.70. The molecule has 3 heterocycles. The number of benzene rings is 1. The van der Waals surface area contributed by atoms with Crippen LogP contribution in [0.2, 0.25) is 0 Å². The fraction of sp³-hybridized carbons (Fsp3) is 0.429. The van der Waals surface area contributed by atoms with Gasteiger partial charge in [0.2, 0.25) is 11.8 Å². The third kappa shape index (κ3) is 5.37. The molecule has 1 fully saturated rings. The van der Waals surface area contributed by atoms with Gasteiger partial charge in [-0.25, -0.2) is 9.55 Å². The number of carboxylic acid groups (broad SMARTS) is 1. The average molecular weight is 538 g/mol. The Labute approximate surface area is 210 Å². The van der Waals surface area contributed by atoms with Crippen LogP contribution in [-0.2, 0) is 18.6 Å². The van der Waals surface area contributed by atoms with Gasteiger partial charge in [-0.3, -0.25) is 13.9 Å². The molecule has 200 valence electrons. The molecule has 3 aromatic rings. The van der Waals surface area contributed by atoms with Crippen molar-refractivity contribution in [1.29, 1.82) is 0 Å². The van der Waals surface area contributed by atoms with Gasteiger partial charge in [-0.2, -0.15) is 15.1 Å². The van der Waals surface area contributed by atoms with Crippen LogP contribution >= 0.6 is 7.75 Å². The molecule has 1 aliphatic heterocycles. The van der Waals surface area contributed by atoms with Gasteiger partial charge < -0.3 is 35.1 Å². The quantitative estimate of drug-likeness (QED) is 0.225. The van der Waals surface area contributed by atoms with E-state index in [2.05, 4.69) is 20.0 Å². The topological polar surface area (TPSA) is 213 Å². The van der Waals surface area contributed by atoms with Crippen LogP contribution in [0.1, 0.15) is 20.1 Å². The predicted octanol–water partition coefficient (Wildman–Crippen LogP) is 0.693. The van der Waals surface area contributed by atoms with E-state index >= 15 is 0 Å². The van der Waals surface area contributed by atoms with Crippen molar-refractivity contribution in [2.24, 2.45) is 0 Å². The number of aliphatic hydroxyl groups is 2. The third-order valence-electron chi connectivity index (χ3n) is 5.71. The van der Waals surface area contributed by atoms with Gasteiger partial charge in [-0.05, 0) is 26.0 Å². The van der Waals surface area contributed by atoms with Crippen LogP contribution in [0, 0.1) is 0 Å². The van der Waals surface area contributed by atoms with Crippen molar-refractivity contribution in [3.63, 3.8) is 0 Å². The number of nitrogens with one attached hydrogen (secondary N) is 1. The maximum Gasteiger partial charge on any atom is 0.459 e. The summed E-state index contributed by atoms with van der Waals surface area (Å²) in [6.07, 6.45) is -2.65. The van der Waals surface area contributed by atoms with E-state index in [1.54, 1.807) is 18.2 Å². The number of carboxylic acids is 1. The molecule has 37 heavy (non-hydrogen) atoms. The predicted molar refractivity (Wildman–Crippen MR) is 128 cm³/mol. The smallest absolute Gasteiger partial charge is 0.459 e. The van der Waals surface area contributed by atoms with Crippen molar-refractivity contribution in [1.82, 2.24) is 24.6 Å². The minimum Gasteiger partial charge on any atom is -0.480 e. The first-order valence-electron chi connectivity index (χ1n) is 11.0. The molecule has 1 aromatic carbocycles. The molecule has 6 unspecified atom stereocenters. The fourth-order valence-corrected chi connectivity index (χ4v) is 5.28. The van der Waals surface area contributed by atoms with Gasteiger partial charge in [0.15, 0.2) is 17.4 Å². The summed E-state index contributed by atoms with van der Waals surface area (Å²) in [5.41, 5.74) is 4.30. The Balaban J connectivity index is 1.58. The number of ether oxygens (including phenoxy) is 2. The van der Waals surface area contributed by atoms with E-state index in [9.17, 15) is 24.7 Å². The van der Waals surface area contributed by atoms with Crippen LogP contribution in [0.5, 0.6) is 11.6 Å². The zero-order valence-electron chi connectivity index (χ0n) is 20.1. The van der Waals surface area contributed by atoms with E-state index in [0.29, 0.717) is 0 Å². The van der Waals surface area contributed by atoms with Gasteiger partial charge in [-0.15, -0.1) is 0 Å². The second-order valence-corrected chi connectivity index (χ2v) is 10.2. The monoisotopic (exact) mass is 538 g/mol. The molecular weight excluding hydrogens is 511 g/mol. The number of aromatic nitrogens is 4. The molecule has 2 aromatic heterocycles. The van der Waals surface area contributed by atoms with Crippen molar-refractivity contribution < 1.29 is 43.2 Å². The van der Waals surface area contributed by atoms with E-state index < -0.39 is 50.4 Å². The number of imidazole rings is 1. The van der Waals surface area contributed by atoms with Gasteiger partial charge in [-0.1, -0.05) is 18.2 Å². The average Bonchev–Trinajstić information content (AvgIpc) is 3.35. The standard InChI is InChI=1S/C21H27N6O9P/c1-11(18(29)30)26-37(32,36-12-7-5-4-6-8-12)34-9-13-15(28)21(2,31)19(35-13)27-10-23-14-16(27)24-20(22)25-17(14)33-3/h4-8,10-11,13,15,19,28,31H,9H2,1-3H3,(H,26,32)(H,29,30)(H2,22,24,25). The number of methoxy groups -OCH3 is 1. The molecule has 16 heteroatoms. The van der Waals surface area contributed by atoms with Gasteiger partial charge in [0, 0.05) is 0 Å². The number of nitrogens with two attached hydrogens (primary N) is 1. The highest BCUT2D eigenvalue weighted by molar-refractivity contribution is 7.52. The number of aliphatic carboxylic acids is 1. The third-order valence-corrected chi connectivity index (χ3v) is 7.35. The van der Waals surface area contributed by atoms with Gasteiger partial charge >= 0.3 is 13.7 Å². The molecule has 0 spiro atoms. The number of anilines is 1. The van der Waals surface area contributed by atoms with Crippen LogP contribution in [0.3, 0.4) is 0 Å². The van der Waals surface area contributed by atoms with Crippen molar-refractivity contribution in [3.8, 4) is 11.6 Å². The number of nitrogens with zero attached hydrogens (tertiary/aromatic N) is 4. The summed E-state index contributed by atoms with van der Waals surface area (Å²) in [7, 11) is -2.90. The second-order valence-electron chi connectivity index (χ2n) is 8.50. The molecular formula is C21H27N6O9P. The number of hydrogen-bond acceptors (Lipinski definition) is 12.